The van der Waals surface area contributed by atoms with Crippen LogP contribution in [0.2, 0.25) is 0 Å². The second-order valence-electron chi connectivity index (χ2n) is 3.50. The molecule has 1 unspecified atom stereocenters. The molecule has 0 spiro atoms. The highest BCUT2D eigenvalue weighted by Crippen LogP contribution is 2.32. The van der Waals surface area contributed by atoms with Gasteiger partial charge in [0, 0.05) is 12.4 Å². The van der Waals surface area contributed by atoms with Gasteiger partial charge in [-0.25, -0.2) is 5.84 Å². The van der Waals surface area contributed by atoms with Crippen LogP contribution in [0.15, 0.2) is 0 Å². The average molecular weight is 218 g/mol. The van der Waals surface area contributed by atoms with Crippen LogP contribution in [0.5, 0.6) is 0 Å². The van der Waals surface area contributed by atoms with E-state index < -0.39 is 0 Å². The van der Waals surface area contributed by atoms with E-state index in [4.69, 9.17) is 10.6 Å². The van der Waals surface area contributed by atoms with Crippen molar-refractivity contribution in [3.8, 4) is 0 Å². The van der Waals surface area contributed by atoms with Crippen molar-refractivity contribution in [1.82, 2.24) is 5.43 Å². The van der Waals surface area contributed by atoms with Crippen LogP contribution in [-0.2, 0) is 9.53 Å². The summed E-state index contributed by atoms with van der Waals surface area (Å²) in [4.78, 5) is 11.4. The fraction of sp³-hybridized carbons (Fsp3) is 0.889. The summed E-state index contributed by atoms with van der Waals surface area (Å²) < 4.78 is 5.00. The standard InChI is InChI=1S/C9H18N2O2S/c1-13-6-8(9(12)11-10)14-7-4-2-3-5-7/h7-8H,2-6,10H2,1H3,(H,11,12). The molecule has 0 radical (unpaired) electrons. The van der Waals surface area contributed by atoms with Crippen molar-refractivity contribution in [2.24, 2.45) is 5.84 Å². The Bertz CT molecular complexity index is 184. The summed E-state index contributed by atoms with van der Waals surface area (Å²) in [5, 5.41) is 0.445. The summed E-state index contributed by atoms with van der Waals surface area (Å²) in [6, 6.07) is 0. The summed E-state index contributed by atoms with van der Waals surface area (Å²) in [5.74, 6) is 4.97. The Balaban J connectivity index is 2.37. The number of methoxy groups -OCH3 is 1. The number of thioether (sulfide) groups is 1. The molecular formula is C9H18N2O2S. The number of nitrogens with one attached hydrogen (secondary N) is 1. The van der Waals surface area contributed by atoms with Crippen molar-refractivity contribution in [2.45, 2.75) is 36.2 Å². The van der Waals surface area contributed by atoms with Gasteiger partial charge in [-0.05, 0) is 12.8 Å². The van der Waals surface area contributed by atoms with Crippen molar-refractivity contribution < 1.29 is 9.53 Å². The van der Waals surface area contributed by atoms with E-state index in [1.54, 1.807) is 18.9 Å². The number of hydrogen-bond donors (Lipinski definition) is 2. The second-order valence-corrected chi connectivity index (χ2v) is 5.00. The number of ether oxygens (including phenoxy) is 1. The van der Waals surface area contributed by atoms with Crippen LogP contribution < -0.4 is 11.3 Å². The molecule has 0 aromatic heterocycles. The Morgan fingerprint density at radius 3 is 2.79 bits per heavy atom. The largest absolute Gasteiger partial charge is 0.383 e. The fourth-order valence-electron chi connectivity index (χ4n) is 1.68. The molecule has 1 aliphatic rings. The summed E-state index contributed by atoms with van der Waals surface area (Å²) >= 11 is 1.69. The minimum Gasteiger partial charge on any atom is -0.383 e. The topological polar surface area (TPSA) is 64.3 Å². The molecule has 1 amide bonds. The molecule has 14 heavy (non-hydrogen) atoms. The Morgan fingerprint density at radius 1 is 1.64 bits per heavy atom. The number of hydrazine groups is 1. The molecule has 0 aliphatic heterocycles. The lowest BCUT2D eigenvalue weighted by Crippen LogP contribution is -2.40. The molecule has 0 aromatic carbocycles. The van der Waals surface area contributed by atoms with Crippen LogP contribution in [0.4, 0.5) is 0 Å². The van der Waals surface area contributed by atoms with Crippen molar-refractivity contribution >= 4 is 17.7 Å². The van der Waals surface area contributed by atoms with Gasteiger partial charge in [-0.3, -0.25) is 10.2 Å². The van der Waals surface area contributed by atoms with Gasteiger partial charge < -0.3 is 4.74 Å². The third-order valence-corrected chi connectivity index (χ3v) is 3.95. The molecule has 0 bridgehead atoms. The van der Waals surface area contributed by atoms with Gasteiger partial charge in [0.1, 0.15) is 5.25 Å². The van der Waals surface area contributed by atoms with Crippen LogP contribution in [0.1, 0.15) is 25.7 Å². The van der Waals surface area contributed by atoms with E-state index in [1.807, 2.05) is 0 Å². The molecule has 3 N–H and O–H groups in total. The molecular weight excluding hydrogens is 200 g/mol. The van der Waals surface area contributed by atoms with E-state index in [0.29, 0.717) is 11.9 Å². The monoisotopic (exact) mass is 218 g/mol. The van der Waals surface area contributed by atoms with E-state index in [0.717, 1.165) is 0 Å². The lowest BCUT2D eigenvalue weighted by atomic mass is 10.4. The number of carbonyl (C=O) groups is 1. The quantitative estimate of drug-likeness (QED) is 0.404. The number of nitrogens with two attached hydrogens (primary N) is 1. The first-order valence-electron chi connectivity index (χ1n) is 4.92. The maximum atomic E-state index is 11.4. The van der Waals surface area contributed by atoms with Gasteiger partial charge in [0.25, 0.3) is 0 Å². The minimum absolute atomic E-state index is 0.135. The molecule has 1 fully saturated rings. The second kappa shape index (κ2) is 6.27. The third-order valence-electron chi connectivity index (χ3n) is 2.41. The molecule has 0 heterocycles. The molecule has 1 rings (SSSR count). The number of rotatable bonds is 5. The highest BCUT2D eigenvalue weighted by molar-refractivity contribution is 8.01. The predicted octanol–water partition coefficient (Wildman–Crippen LogP) is 0.667. The lowest BCUT2D eigenvalue weighted by molar-refractivity contribution is -0.121. The zero-order valence-electron chi connectivity index (χ0n) is 8.49. The molecule has 1 atom stereocenters. The van der Waals surface area contributed by atoms with Crippen molar-refractivity contribution in [2.75, 3.05) is 13.7 Å². The van der Waals surface area contributed by atoms with Crippen molar-refractivity contribution in [1.29, 1.82) is 0 Å². The Kier molecular flexibility index (Phi) is 5.29. The van der Waals surface area contributed by atoms with E-state index in [9.17, 15) is 4.79 Å². The first-order chi connectivity index (χ1) is 6.77. The van der Waals surface area contributed by atoms with Crippen LogP contribution in [0.25, 0.3) is 0 Å². The number of amides is 1. The number of hydrogen-bond acceptors (Lipinski definition) is 4. The van der Waals surface area contributed by atoms with Gasteiger partial charge in [-0.1, -0.05) is 12.8 Å². The summed E-state index contributed by atoms with van der Waals surface area (Å²) in [5.41, 5.74) is 2.18. The zero-order valence-corrected chi connectivity index (χ0v) is 9.31. The van der Waals surface area contributed by atoms with Crippen LogP contribution >= 0.6 is 11.8 Å². The van der Waals surface area contributed by atoms with Crippen molar-refractivity contribution in [3.05, 3.63) is 0 Å². The van der Waals surface area contributed by atoms with E-state index in [1.165, 1.54) is 25.7 Å². The van der Waals surface area contributed by atoms with Crippen LogP contribution in [0, 0.1) is 0 Å². The predicted molar refractivity (Wildman–Crippen MR) is 57.8 cm³/mol. The smallest absolute Gasteiger partial charge is 0.249 e. The van der Waals surface area contributed by atoms with Gasteiger partial charge in [0.2, 0.25) is 5.91 Å². The van der Waals surface area contributed by atoms with Crippen molar-refractivity contribution in [3.63, 3.8) is 0 Å². The molecule has 4 nitrogen and oxygen atoms in total. The zero-order chi connectivity index (χ0) is 10.4. The van der Waals surface area contributed by atoms with E-state index in [-0.39, 0.29) is 11.2 Å². The maximum absolute atomic E-state index is 11.4. The first kappa shape index (κ1) is 11.8. The van der Waals surface area contributed by atoms with Gasteiger partial charge in [0.05, 0.1) is 6.61 Å². The van der Waals surface area contributed by atoms with E-state index >= 15 is 0 Å². The normalized spacial score (nSPS) is 19.6. The fourth-order valence-corrected chi connectivity index (χ4v) is 3.15. The Hall–Kier alpha value is -0.260. The third kappa shape index (κ3) is 3.48. The molecule has 0 saturated heterocycles. The SMILES string of the molecule is COCC(SC1CCCC1)C(=O)NN. The van der Waals surface area contributed by atoms with Gasteiger partial charge in [0.15, 0.2) is 0 Å². The summed E-state index contributed by atoms with van der Waals surface area (Å²) in [6.07, 6.45) is 4.98. The average Bonchev–Trinajstić information content (AvgIpc) is 2.68. The molecule has 1 aliphatic carbocycles. The van der Waals surface area contributed by atoms with Gasteiger partial charge in [-0.2, -0.15) is 0 Å². The highest BCUT2D eigenvalue weighted by Gasteiger charge is 2.25. The summed E-state index contributed by atoms with van der Waals surface area (Å²) in [6.45, 7) is 0.435. The van der Waals surface area contributed by atoms with Gasteiger partial charge in [-0.15, -0.1) is 11.8 Å². The Labute approximate surface area is 88.9 Å². The maximum Gasteiger partial charge on any atom is 0.249 e. The van der Waals surface area contributed by atoms with Crippen LogP contribution in [0.3, 0.4) is 0 Å². The molecule has 5 heteroatoms. The number of carbonyl (C=O) groups excluding carboxylic acids is 1. The van der Waals surface area contributed by atoms with E-state index in [2.05, 4.69) is 5.43 Å². The van der Waals surface area contributed by atoms with Crippen LogP contribution in [-0.4, -0.2) is 30.1 Å². The first-order valence-corrected chi connectivity index (χ1v) is 5.87. The molecule has 1 saturated carbocycles. The lowest BCUT2D eigenvalue weighted by Gasteiger charge is -2.17. The minimum atomic E-state index is -0.159. The molecule has 82 valence electrons. The van der Waals surface area contributed by atoms with Gasteiger partial charge >= 0.3 is 0 Å². The summed E-state index contributed by atoms with van der Waals surface area (Å²) in [7, 11) is 1.60. The highest BCUT2D eigenvalue weighted by atomic mass is 32.2. The molecule has 0 aromatic rings. The Morgan fingerprint density at radius 2 is 2.29 bits per heavy atom.